The molecule has 0 spiro atoms. The van der Waals surface area contributed by atoms with Crippen LogP contribution in [0.1, 0.15) is 17.0 Å². The summed E-state index contributed by atoms with van der Waals surface area (Å²) in [5.41, 5.74) is 2.29. The van der Waals surface area contributed by atoms with Gasteiger partial charge in [-0.15, -0.1) is 23.5 Å². The normalized spacial score (nSPS) is 18.4. The highest BCUT2D eigenvalue weighted by Gasteiger charge is 2.54. The summed E-state index contributed by atoms with van der Waals surface area (Å²) >= 11 is 2.87. The van der Waals surface area contributed by atoms with Crippen LogP contribution < -0.4 is 10.1 Å². The van der Waals surface area contributed by atoms with Crippen molar-refractivity contribution in [2.45, 2.75) is 29.8 Å². The van der Waals surface area contributed by atoms with Crippen molar-refractivity contribution >= 4 is 47.4 Å². The summed E-state index contributed by atoms with van der Waals surface area (Å²) in [7, 11) is 1.58. The van der Waals surface area contributed by atoms with Gasteiger partial charge in [0.1, 0.15) is 29.5 Å². The minimum absolute atomic E-state index is 0.0291. The molecule has 0 saturated carbocycles. The number of nitrogens with one attached hydrogen (secondary N) is 1. The number of carbonyl (C=O) groups excluding carboxylic acids is 3. The van der Waals surface area contributed by atoms with Crippen LogP contribution >= 0.6 is 23.5 Å². The van der Waals surface area contributed by atoms with Crippen molar-refractivity contribution in [1.29, 1.82) is 0 Å². The van der Waals surface area contributed by atoms with Gasteiger partial charge < -0.3 is 19.3 Å². The molecule has 1 fully saturated rings. The van der Waals surface area contributed by atoms with Crippen molar-refractivity contribution in [2.75, 3.05) is 18.6 Å². The van der Waals surface area contributed by atoms with Crippen molar-refractivity contribution in [3.05, 3.63) is 95.0 Å². The Morgan fingerprint density at radius 2 is 1.95 bits per heavy atom. The molecule has 1 saturated heterocycles. The van der Waals surface area contributed by atoms with E-state index in [1.54, 1.807) is 49.6 Å². The summed E-state index contributed by atoms with van der Waals surface area (Å²) in [5.74, 6) is 0.630. The standard InChI is InChI=1S/C29H27N3O6S2/c1-18-14-22(38-31-18)13-10-20-16-40-28-25(30-24(33)17-39-23-6-4-3-5-7-23)27(34)32(28)26(20)29(35)37-15-19-8-11-21(36-2)12-9-19/h3-14,25,28H,15-17H2,1-2H3,(H,30,33)/b13-10+/t25-,28?/m1/s1. The van der Waals surface area contributed by atoms with Gasteiger partial charge in [-0.25, -0.2) is 4.79 Å². The number of hydrogen-bond acceptors (Lipinski definition) is 9. The smallest absolute Gasteiger partial charge is 0.355 e. The largest absolute Gasteiger partial charge is 0.497 e. The highest BCUT2D eigenvalue weighted by Crippen LogP contribution is 2.41. The van der Waals surface area contributed by atoms with Gasteiger partial charge in [0.2, 0.25) is 5.91 Å². The lowest BCUT2D eigenvalue weighted by Gasteiger charge is -2.49. The third kappa shape index (κ3) is 6.26. The number of methoxy groups -OCH3 is 1. The van der Waals surface area contributed by atoms with Crippen LogP contribution in [0, 0.1) is 6.92 Å². The zero-order valence-electron chi connectivity index (χ0n) is 21.9. The highest BCUT2D eigenvalue weighted by molar-refractivity contribution is 8.00. The van der Waals surface area contributed by atoms with Gasteiger partial charge in [0.25, 0.3) is 5.91 Å². The third-order valence-electron chi connectivity index (χ3n) is 6.24. The first-order chi connectivity index (χ1) is 19.4. The van der Waals surface area contributed by atoms with E-state index in [1.165, 1.54) is 28.4 Å². The van der Waals surface area contributed by atoms with Gasteiger partial charge in [-0.3, -0.25) is 14.5 Å². The monoisotopic (exact) mass is 577 g/mol. The lowest BCUT2D eigenvalue weighted by Crippen LogP contribution is -2.70. The van der Waals surface area contributed by atoms with E-state index >= 15 is 0 Å². The van der Waals surface area contributed by atoms with E-state index in [-0.39, 0.29) is 29.9 Å². The summed E-state index contributed by atoms with van der Waals surface area (Å²) in [6.07, 6.45) is 3.44. The number of esters is 1. The van der Waals surface area contributed by atoms with E-state index in [0.29, 0.717) is 22.8 Å². The maximum Gasteiger partial charge on any atom is 0.355 e. The minimum atomic E-state index is -0.722. The lowest BCUT2D eigenvalue weighted by atomic mass is 10.0. The second-order valence-electron chi connectivity index (χ2n) is 9.06. The maximum absolute atomic E-state index is 13.4. The van der Waals surface area contributed by atoms with E-state index in [0.717, 1.165) is 16.2 Å². The lowest BCUT2D eigenvalue weighted by molar-refractivity contribution is -0.153. The molecule has 2 aliphatic heterocycles. The molecular weight excluding hydrogens is 550 g/mol. The molecule has 2 aromatic carbocycles. The van der Waals surface area contributed by atoms with Gasteiger partial charge in [0, 0.05) is 16.7 Å². The molecule has 2 atom stereocenters. The van der Waals surface area contributed by atoms with Gasteiger partial charge in [0.05, 0.1) is 18.6 Å². The fourth-order valence-electron chi connectivity index (χ4n) is 4.22. The van der Waals surface area contributed by atoms with Crippen LogP contribution in [-0.4, -0.2) is 57.9 Å². The van der Waals surface area contributed by atoms with Gasteiger partial charge in [-0.1, -0.05) is 41.6 Å². The number of β-lactam (4-membered cyclic amide) rings is 1. The first kappa shape index (κ1) is 27.6. The number of aryl methyl sites for hydroxylation is 1. The highest BCUT2D eigenvalue weighted by atomic mass is 32.2. The summed E-state index contributed by atoms with van der Waals surface area (Å²) in [5, 5.41) is 6.31. The number of ether oxygens (including phenoxy) is 2. The van der Waals surface area contributed by atoms with E-state index < -0.39 is 17.4 Å². The molecule has 2 amide bonds. The number of carbonyl (C=O) groups is 3. The zero-order chi connectivity index (χ0) is 28.1. The van der Waals surface area contributed by atoms with Crippen LogP contribution in [0.4, 0.5) is 0 Å². The molecule has 11 heteroatoms. The Kier molecular flexibility index (Phi) is 8.61. The third-order valence-corrected chi connectivity index (χ3v) is 8.56. The predicted octanol–water partition coefficient (Wildman–Crippen LogP) is 4.19. The number of hydrogen-bond donors (Lipinski definition) is 1. The number of rotatable bonds is 10. The van der Waals surface area contributed by atoms with Gasteiger partial charge >= 0.3 is 5.97 Å². The summed E-state index contributed by atoms with van der Waals surface area (Å²) in [6.45, 7) is 1.84. The second kappa shape index (κ2) is 12.5. The summed E-state index contributed by atoms with van der Waals surface area (Å²) in [6, 6.07) is 17.8. The molecule has 206 valence electrons. The molecule has 1 unspecified atom stereocenters. The quantitative estimate of drug-likeness (QED) is 0.215. The Hall–Kier alpha value is -3.96. The fraction of sp³-hybridized carbons (Fsp3) is 0.241. The number of allylic oxidation sites excluding steroid dienone is 1. The number of nitrogens with zero attached hydrogens (tertiary/aromatic N) is 2. The SMILES string of the molecule is COc1ccc(COC(=O)C2=C(/C=C/c3cc(C)no3)CSC3[C@H](NC(=O)CSc4ccccc4)C(=O)N23)cc1. The van der Waals surface area contributed by atoms with Crippen molar-refractivity contribution in [3.8, 4) is 5.75 Å². The van der Waals surface area contributed by atoms with E-state index in [1.807, 2.05) is 37.3 Å². The molecule has 5 rings (SSSR count). The topological polar surface area (TPSA) is 111 Å². The molecule has 1 N–H and O–H groups in total. The molecular formula is C29H27N3O6S2. The summed E-state index contributed by atoms with van der Waals surface area (Å²) < 4.78 is 16.1. The molecule has 40 heavy (non-hydrogen) atoms. The predicted molar refractivity (Wildman–Crippen MR) is 152 cm³/mol. The Balaban J connectivity index is 1.30. The number of benzene rings is 2. The van der Waals surface area contributed by atoms with Gasteiger partial charge in [0.15, 0.2) is 5.76 Å². The average molecular weight is 578 g/mol. The van der Waals surface area contributed by atoms with Crippen molar-refractivity contribution in [2.24, 2.45) is 0 Å². The fourth-order valence-corrected chi connectivity index (χ4v) is 6.27. The average Bonchev–Trinajstić information content (AvgIpc) is 3.41. The van der Waals surface area contributed by atoms with Crippen LogP contribution in [0.3, 0.4) is 0 Å². The number of aromatic nitrogens is 1. The number of amides is 2. The molecule has 2 aliphatic rings. The van der Waals surface area contributed by atoms with Crippen molar-refractivity contribution in [1.82, 2.24) is 15.4 Å². The Morgan fingerprint density at radius 3 is 2.65 bits per heavy atom. The van der Waals surface area contributed by atoms with E-state index in [4.69, 9.17) is 14.0 Å². The molecule has 3 heterocycles. The molecule has 1 aromatic heterocycles. The van der Waals surface area contributed by atoms with Crippen LogP contribution in [-0.2, 0) is 25.7 Å². The maximum atomic E-state index is 13.4. The van der Waals surface area contributed by atoms with Crippen LogP contribution in [0.2, 0.25) is 0 Å². The molecule has 0 radical (unpaired) electrons. The number of fused-ring (bicyclic) bond motifs is 1. The Labute approximate surface area is 239 Å². The Bertz CT molecular complexity index is 1450. The van der Waals surface area contributed by atoms with Crippen LogP contribution in [0.25, 0.3) is 6.08 Å². The molecule has 9 nitrogen and oxygen atoms in total. The van der Waals surface area contributed by atoms with Crippen molar-refractivity contribution in [3.63, 3.8) is 0 Å². The van der Waals surface area contributed by atoms with Crippen LogP contribution in [0.15, 0.2) is 87.4 Å². The molecule has 3 aromatic rings. The second-order valence-corrected chi connectivity index (χ2v) is 11.2. The summed E-state index contributed by atoms with van der Waals surface area (Å²) in [4.78, 5) is 41.7. The first-order valence-electron chi connectivity index (χ1n) is 12.5. The molecule has 0 bridgehead atoms. The van der Waals surface area contributed by atoms with Gasteiger partial charge in [-0.2, -0.15) is 0 Å². The first-order valence-corrected chi connectivity index (χ1v) is 14.5. The van der Waals surface area contributed by atoms with E-state index in [2.05, 4.69) is 10.5 Å². The van der Waals surface area contributed by atoms with E-state index in [9.17, 15) is 14.4 Å². The zero-order valence-corrected chi connectivity index (χ0v) is 23.5. The van der Waals surface area contributed by atoms with Crippen LogP contribution in [0.5, 0.6) is 5.75 Å². The minimum Gasteiger partial charge on any atom is -0.497 e. The molecule has 0 aliphatic carbocycles. The Morgan fingerprint density at radius 1 is 1.18 bits per heavy atom. The van der Waals surface area contributed by atoms with Crippen molar-refractivity contribution < 1.29 is 28.4 Å². The van der Waals surface area contributed by atoms with Gasteiger partial charge in [-0.05, 0) is 48.4 Å². The number of thioether (sulfide) groups is 2.